The van der Waals surface area contributed by atoms with E-state index in [0.717, 1.165) is 289 Å². The number of rotatable bonds is 42. The van der Waals surface area contributed by atoms with Gasteiger partial charge in [0.2, 0.25) is 0 Å². The minimum atomic E-state index is -1.21. The van der Waals surface area contributed by atoms with Gasteiger partial charge in [-0.25, -0.2) is 37.8 Å². The Bertz CT molecular complexity index is 5810. The van der Waals surface area contributed by atoms with Gasteiger partial charge in [0, 0.05) is 62.7 Å². The van der Waals surface area contributed by atoms with E-state index < -0.39 is 57.1 Å². The smallest absolute Gasteiger partial charge is 0.270 e. The molecule has 0 fully saturated rings. The van der Waals surface area contributed by atoms with Gasteiger partial charge in [-0.3, -0.25) is 9.59 Å². The second-order valence-electron chi connectivity index (χ2n) is 35.6. The van der Waals surface area contributed by atoms with Gasteiger partial charge >= 0.3 is 0 Å². The van der Waals surface area contributed by atoms with E-state index in [1.54, 1.807) is 34.8 Å². The van der Waals surface area contributed by atoms with Gasteiger partial charge in [0.25, 0.3) is 11.4 Å². The fourth-order valence-electron chi connectivity index (χ4n) is 19.9. The lowest BCUT2D eigenvalue weighted by atomic mass is 9.65. The molecule has 0 saturated heterocycles. The monoisotopic (exact) mass is 1810 g/mol. The maximum absolute atomic E-state index is 15.4. The number of hydrogen-bond donors (Lipinski definition) is 0. The number of ether oxygens (including phenoxy) is 2. The number of nitriles is 2. The molecule has 4 aromatic heterocycles. The van der Waals surface area contributed by atoms with Gasteiger partial charge in [0.1, 0.15) is 11.5 Å². The highest BCUT2D eigenvalue weighted by Gasteiger charge is 2.54. The van der Waals surface area contributed by atoms with E-state index in [2.05, 4.69) is 186 Å². The van der Waals surface area contributed by atoms with E-state index in [4.69, 9.17) is 22.6 Å². The predicted molar refractivity (Wildman–Crippen MR) is 528 cm³/mol. The summed E-state index contributed by atoms with van der Waals surface area (Å²) in [4.78, 5) is 43.6. The highest BCUT2D eigenvalue weighted by molar-refractivity contribution is 7.25. The van der Waals surface area contributed by atoms with Crippen molar-refractivity contribution in [3.8, 4) is 64.0 Å². The maximum atomic E-state index is 15.4. The van der Waals surface area contributed by atoms with Crippen molar-refractivity contribution in [1.82, 2.24) is 0 Å². The topological polar surface area (TPSA) is 109 Å². The van der Waals surface area contributed by atoms with Crippen LogP contribution < -0.4 is 9.47 Å². The Morgan fingerprint density at radius 1 is 0.377 bits per heavy atom. The van der Waals surface area contributed by atoms with E-state index in [0.29, 0.717) is 34.5 Å². The van der Waals surface area contributed by atoms with Crippen molar-refractivity contribution < 1.29 is 36.6 Å². The zero-order valence-electron chi connectivity index (χ0n) is 76.1. The maximum Gasteiger partial charge on any atom is 0.270 e. The molecule has 0 N–H and O–H groups in total. The highest BCUT2D eigenvalue weighted by atomic mass is 32.1. The van der Waals surface area contributed by atoms with E-state index in [9.17, 15) is 20.1 Å². The third-order valence-corrected chi connectivity index (χ3v) is 32.0. The van der Waals surface area contributed by atoms with E-state index in [1.165, 1.54) is 44.9 Å². The molecule has 4 heterocycles. The molecule has 0 aliphatic heterocycles. The van der Waals surface area contributed by atoms with Crippen LogP contribution in [0.1, 0.15) is 318 Å². The zero-order valence-corrected chi connectivity index (χ0v) is 79.4. The minimum Gasteiger partial charge on any atom is -0.492 e. The van der Waals surface area contributed by atoms with Crippen LogP contribution in [0.15, 0.2) is 180 Å². The summed E-state index contributed by atoms with van der Waals surface area (Å²) in [5.41, 5.74) is 12.9. The number of thiophene rings is 4. The Balaban J connectivity index is 1.03. The quantitative estimate of drug-likeness (QED) is 0.0124. The van der Waals surface area contributed by atoms with Crippen LogP contribution in [0.2, 0.25) is 0 Å². The van der Waals surface area contributed by atoms with Crippen LogP contribution in [0.25, 0.3) is 73.4 Å². The molecule has 0 saturated carbocycles. The predicted octanol–water partition coefficient (Wildman–Crippen LogP) is 33.1. The van der Waals surface area contributed by atoms with Gasteiger partial charge < -0.3 is 9.47 Å². The average Bonchev–Trinajstić information content (AvgIpc) is 1.50. The molecule has 4 aliphatic rings. The molecular formula is C114H114F4N4O4S4. The number of Topliss-reactive ketones (excluding diaryl/α,β-unsaturated/α-hetero) is 2. The summed E-state index contributed by atoms with van der Waals surface area (Å²) in [6.45, 7) is 35.0. The Morgan fingerprint density at radius 2 is 0.685 bits per heavy atom. The van der Waals surface area contributed by atoms with Crippen LogP contribution in [0.3, 0.4) is 0 Å². The molecule has 0 spiro atoms. The first kappa shape index (κ1) is 93.6. The first-order valence-corrected chi connectivity index (χ1v) is 50.6. The lowest BCUT2D eigenvalue weighted by Crippen LogP contribution is -2.30. The number of nitrogens with zero attached hydrogens (tertiary/aromatic N) is 4. The standard InChI is InChI=1S/C114H114F4N4O4S4/c1-11-19-25-29-35-73-39-47-77(48-40-73)113(78-49-41-74(42-50-78)36-30-26-20-12-2)91-59-88-92(60-87(91)109-93(113)65-103(129-109)111-101(125-69-71(17-7)33-23-15-5)57-81(127-111)55-89-105(99(67-119)121-9)83-61-95(115)97(117)63-85(83)107(89)123)114(79-51-43-75(44-52-79)37-31-27-21-13-3,80-53-45-76(46-54-80)38-32-28-22-14-4)94-66-104(130-110(88)94)112-102(126-70-72(18-8)34-24-16-6)58-82(128-112)56-90-106(100(68-120)122-10)84-62-96(116)98(118)64-86(84)108(90)124/h39-66,71-72H,11-38,69-70H2,1-8H3/b89-55-,90-56-,105-99-,106-100+. The van der Waals surface area contributed by atoms with Crippen LogP contribution in [0.5, 0.6) is 11.5 Å². The van der Waals surface area contributed by atoms with Gasteiger partial charge in [-0.1, -0.05) is 268 Å². The van der Waals surface area contributed by atoms with Crippen molar-refractivity contribution in [2.75, 3.05) is 13.2 Å². The van der Waals surface area contributed by atoms with Crippen molar-refractivity contribution >= 4 is 80.2 Å². The first-order valence-electron chi connectivity index (χ1n) is 47.4. The SMILES string of the molecule is [C-]#[N+]/C(C#N)=C1\C(=C\c2cc(OCC(CC)CCCC)c(-c3cc4c(s3)-c3cc5c(cc3C4(c3ccc(CCCCCC)cc3)c3ccc(CCCCCC)cc3)-c3sc(-c4sc(/C=C6\C(=O)c7cc(F)c(F)cc7\C6=C(\C#N)[N+]#[C-])cc4OCC(CC)CCCC)cc3C5(c3ccc(CCCCCC)cc3)c3ccc(CCCCCC)cc3)s2)C(=O)c2cc(F)c(F)cc21. The van der Waals surface area contributed by atoms with E-state index in [-0.39, 0.29) is 56.4 Å². The number of carbonyl (C=O) groups is 2. The van der Waals surface area contributed by atoms with Gasteiger partial charge in [0.15, 0.2) is 34.8 Å². The van der Waals surface area contributed by atoms with Crippen LogP contribution in [0, 0.1) is 70.9 Å². The number of halogens is 4. The molecule has 0 radical (unpaired) electrons. The number of hydrogen-bond acceptors (Lipinski definition) is 10. The number of ketones is 2. The second-order valence-corrected chi connectivity index (χ2v) is 39.9. The van der Waals surface area contributed by atoms with Crippen molar-refractivity contribution in [3.63, 3.8) is 0 Å². The number of unbranched alkanes of at least 4 members (excludes halogenated alkanes) is 14. The summed E-state index contributed by atoms with van der Waals surface area (Å²) in [6.07, 6.45) is 32.9. The molecule has 2 unspecified atom stereocenters. The molecule has 0 amide bonds. The largest absolute Gasteiger partial charge is 0.492 e. The fraction of sp³-hybridized carbons (Fsp3) is 0.368. The number of carbonyl (C=O) groups excluding carboxylic acids is 2. The Labute approximate surface area is 781 Å². The summed E-state index contributed by atoms with van der Waals surface area (Å²) in [5.74, 6) is -4.39. The normalized spacial score (nSPS) is 15.5. The molecule has 7 aromatic carbocycles. The summed E-state index contributed by atoms with van der Waals surface area (Å²) in [6, 6.07) is 59.0. The molecule has 0 bridgehead atoms. The summed E-state index contributed by atoms with van der Waals surface area (Å²) < 4.78 is 75.9. The molecule has 11 aromatic rings. The Hall–Kier alpha value is -11.1. The van der Waals surface area contributed by atoms with Gasteiger partial charge in [-0.05, 0) is 238 Å². The lowest BCUT2D eigenvalue weighted by Gasteiger charge is -2.35. The molecule has 130 heavy (non-hydrogen) atoms. The van der Waals surface area contributed by atoms with Crippen LogP contribution in [-0.4, -0.2) is 24.8 Å². The summed E-state index contributed by atoms with van der Waals surface area (Å²) >= 11 is 6.33. The molecule has 8 nitrogen and oxygen atoms in total. The van der Waals surface area contributed by atoms with Crippen LogP contribution >= 0.6 is 45.3 Å². The Morgan fingerprint density at radius 3 is 0.969 bits per heavy atom. The Kier molecular flexibility index (Phi) is 30.5. The number of allylic oxidation sites excluding steroid dienone is 6. The molecule has 2 atom stereocenters. The van der Waals surface area contributed by atoms with Crippen molar-refractivity contribution in [3.05, 3.63) is 325 Å². The molecule has 666 valence electrons. The van der Waals surface area contributed by atoms with E-state index in [1.807, 2.05) is 24.3 Å². The van der Waals surface area contributed by atoms with E-state index >= 15 is 17.6 Å². The van der Waals surface area contributed by atoms with Crippen molar-refractivity contribution in [2.45, 2.75) is 246 Å². The summed E-state index contributed by atoms with van der Waals surface area (Å²) in [5, 5.41) is 21.1. The molecular weight excluding hydrogens is 1690 g/mol. The average molecular weight is 1810 g/mol. The third kappa shape index (κ3) is 18.6. The second kappa shape index (κ2) is 42.4. The minimum absolute atomic E-state index is 0.00830. The van der Waals surface area contributed by atoms with Gasteiger partial charge in [-0.15, -0.1) is 45.3 Å². The number of aryl methyl sites for hydroxylation is 4. The third-order valence-electron chi connectivity index (χ3n) is 27.1. The first-order chi connectivity index (χ1) is 63.4. The van der Waals surface area contributed by atoms with Crippen LogP contribution in [0.4, 0.5) is 17.6 Å². The number of benzene rings is 7. The number of fused-ring (bicyclic) bond motifs is 8. The van der Waals surface area contributed by atoms with Gasteiger partial charge in [0.05, 0.1) is 59.1 Å². The lowest BCUT2D eigenvalue weighted by molar-refractivity contribution is 0.103. The molecule has 15 rings (SSSR count). The fourth-order valence-corrected chi connectivity index (χ4v) is 24.7. The summed E-state index contributed by atoms with van der Waals surface area (Å²) in [7, 11) is 0. The van der Waals surface area contributed by atoms with Gasteiger partial charge in [-0.2, -0.15) is 0 Å². The zero-order chi connectivity index (χ0) is 91.3. The molecule has 16 heteroatoms. The molecule has 4 aliphatic carbocycles. The van der Waals surface area contributed by atoms with Crippen LogP contribution in [-0.2, 0) is 36.5 Å². The van der Waals surface area contributed by atoms with Crippen molar-refractivity contribution in [1.29, 1.82) is 10.5 Å². The highest BCUT2D eigenvalue weighted by Crippen LogP contribution is 2.67. The van der Waals surface area contributed by atoms with Crippen molar-refractivity contribution in [2.24, 2.45) is 11.8 Å².